The summed E-state index contributed by atoms with van der Waals surface area (Å²) in [6, 6.07) is 19.4. The van der Waals surface area contributed by atoms with E-state index in [1.807, 2.05) is 36.4 Å². The number of nitrogens with zero attached hydrogens (tertiary/aromatic N) is 2. The van der Waals surface area contributed by atoms with Crippen molar-refractivity contribution in [3.05, 3.63) is 82.2 Å². The van der Waals surface area contributed by atoms with E-state index in [4.69, 9.17) is 11.6 Å². The predicted octanol–water partition coefficient (Wildman–Crippen LogP) is 5.35. The van der Waals surface area contributed by atoms with Crippen LogP contribution in [0.25, 0.3) is 0 Å². The Hall–Kier alpha value is -1.55. The third kappa shape index (κ3) is 5.22. The number of likely N-dealkylation sites (tertiary alicyclic amines) is 1. The van der Waals surface area contributed by atoms with E-state index in [9.17, 15) is 12.6 Å². The van der Waals surface area contributed by atoms with Gasteiger partial charge in [0.2, 0.25) is 0 Å². The first-order valence-electron chi connectivity index (χ1n) is 12.2. The van der Waals surface area contributed by atoms with Crippen LogP contribution >= 0.6 is 22.9 Å². The molecule has 9 heteroatoms. The van der Waals surface area contributed by atoms with E-state index in [1.54, 1.807) is 24.6 Å². The average molecular weight is 563 g/mol. The molecule has 1 aromatic heterocycles. The summed E-state index contributed by atoms with van der Waals surface area (Å²) < 4.78 is 40.7. The normalized spacial score (nSPS) is 20.6. The Labute approximate surface area is 225 Å². The lowest BCUT2D eigenvalue weighted by atomic mass is 9.74. The quantitative estimate of drug-likeness (QED) is 0.371. The second-order valence-corrected chi connectivity index (χ2v) is 14.9. The number of sulfonamides is 1. The SMILES string of the molecule is CN(CC(CCN1CCC2(CC1)CS(=O)c1ccccc12)c1ccc(Cl)cc1)S(=O)(=O)c1cccs1. The monoisotopic (exact) mass is 562 g/mol. The van der Waals surface area contributed by atoms with Gasteiger partial charge in [0.05, 0.1) is 10.8 Å². The zero-order chi connectivity index (χ0) is 25.3. The second kappa shape index (κ2) is 10.7. The predicted molar refractivity (Wildman–Crippen MR) is 148 cm³/mol. The number of halogens is 1. The average Bonchev–Trinajstić information content (AvgIpc) is 3.52. The molecule has 5 nitrogen and oxygen atoms in total. The molecule has 1 saturated heterocycles. The van der Waals surface area contributed by atoms with Gasteiger partial charge in [0.1, 0.15) is 4.21 Å². The van der Waals surface area contributed by atoms with E-state index in [0.29, 0.717) is 15.8 Å². The molecule has 5 rings (SSSR count). The molecule has 36 heavy (non-hydrogen) atoms. The zero-order valence-electron chi connectivity index (χ0n) is 20.3. The second-order valence-electron chi connectivity index (χ2n) is 9.86. The van der Waals surface area contributed by atoms with Crippen LogP contribution in [-0.4, -0.2) is 60.8 Å². The Bertz CT molecular complexity index is 1320. The molecule has 0 bridgehead atoms. The number of rotatable bonds is 8. The van der Waals surface area contributed by atoms with Crippen molar-refractivity contribution in [2.24, 2.45) is 0 Å². The highest BCUT2D eigenvalue weighted by molar-refractivity contribution is 7.91. The first-order chi connectivity index (χ1) is 17.3. The molecule has 2 aliphatic heterocycles. The van der Waals surface area contributed by atoms with Gasteiger partial charge in [0.25, 0.3) is 10.0 Å². The Morgan fingerprint density at radius 1 is 1.08 bits per heavy atom. The molecule has 0 saturated carbocycles. The van der Waals surface area contributed by atoms with E-state index >= 15 is 0 Å². The molecule has 3 heterocycles. The highest BCUT2D eigenvalue weighted by Crippen LogP contribution is 2.45. The Morgan fingerprint density at radius 3 is 2.50 bits per heavy atom. The van der Waals surface area contributed by atoms with Gasteiger partial charge in [-0.1, -0.05) is 48.0 Å². The fraction of sp³-hybridized carbons (Fsp3) is 0.407. The van der Waals surface area contributed by atoms with E-state index < -0.39 is 20.8 Å². The molecule has 2 unspecified atom stereocenters. The smallest absolute Gasteiger partial charge is 0.252 e. The van der Waals surface area contributed by atoms with Crippen LogP contribution in [0.4, 0.5) is 0 Å². The minimum absolute atomic E-state index is 0.0303. The van der Waals surface area contributed by atoms with Crippen molar-refractivity contribution < 1.29 is 12.6 Å². The number of fused-ring (bicyclic) bond motifs is 2. The fourth-order valence-electron chi connectivity index (χ4n) is 5.54. The highest BCUT2D eigenvalue weighted by Gasteiger charge is 2.44. The summed E-state index contributed by atoms with van der Waals surface area (Å²) in [5.74, 6) is 0.788. The molecule has 1 fully saturated rings. The largest absolute Gasteiger partial charge is 0.303 e. The molecule has 2 aromatic carbocycles. The zero-order valence-corrected chi connectivity index (χ0v) is 23.5. The van der Waals surface area contributed by atoms with Crippen LogP contribution in [0.3, 0.4) is 0 Å². The topological polar surface area (TPSA) is 57.7 Å². The minimum Gasteiger partial charge on any atom is -0.303 e. The molecular weight excluding hydrogens is 532 g/mol. The van der Waals surface area contributed by atoms with Gasteiger partial charge in [0, 0.05) is 34.7 Å². The molecule has 0 radical (unpaired) electrons. The van der Waals surface area contributed by atoms with Crippen molar-refractivity contribution in [1.82, 2.24) is 9.21 Å². The number of hydrogen-bond acceptors (Lipinski definition) is 5. The molecule has 2 aliphatic rings. The maximum absolute atomic E-state index is 13.1. The molecule has 0 amide bonds. The van der Waals surface area contributed by atoms with Crippen LogP contribution in [-0.2, 0) is 26.2 Å². The Morgan fingerprint density at radius 2 is 1.81 bits per heavy atom. The van der Waals surface area contributed by atoms with Crippen LogP contribution in [0.15, 0.2) is 75.1 Å². The summed E-state index contributed by atoms with van der Waals surface area (Å²) in [5, 5.41) is 2.46. The van der Waals surface area contributed by atoms with Crippen molar-refractivity contribution >= 4 is 43.8 Å². The van der Waals surface area contributed by atoms with Gasteiger partial charge in [-0.05, 0) is 85.6 Å². The third-order valence-corrected chi connectivity index (χ3v) is 12.8. The maximum Gasteiger partial charge on any atom is 0.252 e. The molecule has 1 spiro atoms. The third-order valence-electron chi connectivity index (χ3n) is 7.70. The molecular formula is C27H31ClN2O3S3. The van der Waals surface area contributed by atoms with Crippen molar-refractivity contribution in [1.29, 1.82) is 0 Å². The maximum atomic E-state index is 13.1. The number of hydrogen-bond donors (Lipinski definition) is 0. The molecule has 3 aromatic rings. The van der Waals surface area contributed by atoms with E-state index in [0.717, 1.165) is 55.1 Å². The lowest BCUT2D eigenvalue weighted by molar-refractivity contribution is 0.165. The van der Waals surface area contributed by atoms with Gasteiger partial charge in [-0.15, -0.1) is 11.3 Å². The van der Waals surface area contributed by atoms with Crippen LogP contribution in [0.1, 0.15) is 36.3 Å². The van der Waals surface area contributed by atoms with Gasteiger partial charge in [0.15, 0.2) is 0 Å². The Kier molecular flexibility index (Phi) is 7.73. The van der Waals surface area contributed by atoms with Gasteiger partial charge in [-0.2, -0.15) is 4.31 Å². The minimum atomic E-state index is -3.52. The summed E-state index contributed by atoms with van der Waals surface area (Å²) >= 11 is 7.38. The van der Waals surface area contributed by atoms with Crippen LogP contribution < -0.4 is 0 Å². The molecule has 0 aliphatic carbocycles. The van der Waals surface area contributed by atoms with Gasteiger partial charge >= 0.3 is 0 Å². The van der Waals surface area contributed by atoms with Crippen molar-refractivity contribution in [3.8, 4) is 0 Å². The van der Waals surface area contributed by atoms with Crippen molar-refractivity contribution in [2.75, 3.05) is 39.0 Å². The fourth-order valence-corrected chi connectivity index (χ4v) is 9.94. The van der Waals surface area contributed by atoms with E-state index in [2.05, 4.69) is 17.0 Å². The van der Waals surface area contributed by atoms with Gasteiger partial charge in [-0.25, -0.2) is 8.42 Å². The number of likely N-dealkylation sites (N-methyl/N-ethyl adjacent to an activating group) is 1. The lowest BCUT2D eigenvalue weighted by Crippen LogP contribution is -2.44. The highest BCUT2D eigenvalue weighted by atomic mass is 35.5. The lowest BCUT2D eigenvalue weighted by Gasteiger charge is -2.40. The molecule has 2 atom stereocenters. The number of thiophene rings is 1. The van der Waals surface area contributed by atoms with E-state index in [1.165, 1.54) is 21.2 Å². The number of piperidine rings is 1. The summed E-state index contributed by atoms with van der Waals surface area (Å²) in [6.45, 7) is 3.22. The van der Waals surface area contributed by atoms with Crippen LogP contribution in [0, 0.1) is 0 Å². The standard InChI is InChI=1S/C27H31ClN2O3S3/c1-29(36(32,33)26-7-4-18-34-26)19-22(21-8-10-23(28)11-9-21)12-15-30-16-13-27(14-17-30)20-35(31)25-6-3-2-5-24(25)27/h2-11,18,22H,12-17,19-20H2,1H3. The summed E-state index contributed by atoms with van der Waals surface area (Å²) in [4.78, 5) is 3.50. The number of benzene rings is 2. The van der Waals surface area contributed by atoms with Gasteiger partial charge < -0.3 is 4.90 Å². The summed E-state index contributed by atoms with van der Waals surface area (Å²) in [5.41, 5.74) is 2.41. The van der Waals surface area contributed by atoms with Crippen LogP contribution in [0.5, 0.6) is 0 Å². The molecule has 0 N–H and O–H groups in total. The summed E-state index contributed by atoms with van der Waals surface area (Å²) in [7, 11) is -2.75. The first kappa shape index (κ1) is 26.1. The van der Waals surface area contributed by atoms with Crippen molar-refractivity contribution in [3.63, 3.8) is 0 Å². The molecule has 192 valence electrons. The van der Waals surface area contributed by atoms with Crippen molar-refractivity contribution in [2.45, 2.75) is 39.7 Å². The Balaban J connectivity index is 1.26. The van der Waals surface area contributed by atoms with Gasteiger partial charge in [-0.3, -0.25) is 4.21 Å². The van der Waals surface area contributed by atoms with E-state index in [-0.39, 0.29) is 11.3 Å². The summed E-state index contributed by atoms with van der Waals surface area (Å²) in [6.07, 6.45) is 2.86. The first-order valence-corrected chi connectivity index (χ1v) is 16.3. The van der Waals surface area contributed by atoms with Crippen LogP contribution in [0.2, 0.25) is 5.02 Å².